The number of nitrogens with zero attached hydrogens (tertiary/aromatic N) is 1. The minimum atomic E-state index is -1.67. The number of morpholine rings is 1. The fourth-order valence-corrected chi connectivity index (χ4v) is 8.11. The molecule has 10 heteroatoms. The molecular formula is C42H39N3O7. The van der Waals surface area contributed by atoms with Crippen LogP contribution in [0.5, 0.6) is 5.75 Å². The molecule has 7 rings (SSSR count). The van der Waals surface area contributed by atoms with Crippen molar-refractivity contribution in [3.8, 4) is 17.6 Å². The number of anilines is 1. The molecule has 2 amide bonds. The lowest BCUT2D eigenvalue weighted by Crippen LogP contribution is -2.54. The van der Waals surface area contributed by atoms with Crippen molar-refractivity contribution < 1.29 is 34.1 Å². The van der Waals surface area contributed by atoms with E-state index in [1.807, 2.05) is 71.6 Å². The summed E-state index contributed by atoms with van der Waals surface area (Å²) >= 11 is 0. The third-order valence-corrected chi connectivity index (χ3v) is 10.0. The van der Waals surface area contributed by atoms with Crippen molar-refractivity contribution in [2.45, 2.75) is 36.1 Å². The average molecular weight is 698 g/mol. The second kappa shape index (κ2) is 14.9. The summed E-state index contributed by atoms with van der Waals surface area (Å²) in [5, 5.41) is 24.9. The largest absolute Gasteiger partial charge is 0.491 e. The van der Waals surface area contributed by atoms with E-state index >= 15 is 4.79 Å². The number of amides is 2. The summed E-state index contributed by atoms with van der Waals surface area (Å²) < 4.78 is 12.3. The Bertz CT molecular complexity index is 2040. The lowest BCUT2D eigenvalue weighted by Gasteiger charge is -2.46. The first-order chi connectivity index (χ1) is 25.4. The Balaban J connectivity index is 1.55. The van der Waals surface area contributed by atoms with Gasteiger partial charge in [0.2, 0.25) is 11.8 Å². The number of aliphatic hydroxyl groups excluding tert-OH is 2. The highest BCUT2D eigenvalue weighted by Crippen LogP contribution is 2.64. The van der Waals surface area contributed by atoms with E-state index in [2.05, 4.69) is 29.1 Å². The fourth-order valence-electron chi connectivity index (χ4n) is 8.11. The van der Waals surface area contributed by atoms with E-state index in [0.29, 0.717) is 28.1 Å². The fraction of sp³-hybridized carbons (Fsp3) is 0.262. The number of hydrogen-bond acceptors (Lipinski definition) is 8. The van der Waals surface area contributed by atoms with Gasteiger partial charge in [0.05, 0.1) is 31.2 Å². The maximum atomic E-state index is 15.1. The van der Waals surface area contributed by atoms with Crippen molar-refractivity contribution in [2.24, 2.45) is 5.92 Å². The number of rotatable bonds is 10. The number of ether oxygens (including phenoxy) is 2. The monoisotopic (exact) mass is 697 g/mol. The molecule has 0 aliphatic carbocycles. The number of esters is 1. The Kier molecular flexibility index (Phi) is 9.92. The van der Waals surface area contributed by atoms with Crippen LogP contribution in [0, 0.1) is 17.8 Å². The van der Waals surface area contributed by atoms with Crippen LogP contribution < -0.4 is 15.4 Å². The number of cyclic esters (lactones) is 1. The van der Waals surface area contributed by atoms with Crippen molar-refractivity contribution in [3.63, 3.8) is 0 Å². The summed E-state index contributed by atoms with van der Waals surface area (Å²) in [6.45, 7) is 3.63. The van der Waals surface area contributed by atoms with E-state index in [4.69, 9.17) is 9.47 Å². The summed E-state index contributed by atoms with van der Waals surface area (Å²) in [5.41, 5.74) is 2.14. The first-order valence-corrected chi connectivity index (χ1v) is 17.3. The molecule has 0 bridgehead atoms. The van der Waals surface area contributed by atoms with Gasteiger partial charge in [0.1, 0.15) is 29.9 Å². The van der Waals surface area contributed by atoms with Crippen LogP contribution in [0.4, 0.5) is 5.69 Å². The number of nitrogens with one attached hydrogen (secondary N) is 2. The molecule has 2 saturated heterocycles. The number of benzene rings is 4. The van der Waals surface area contributed by atoms with E-state index in [-0.39, 0.29) is 32.8 Å². The highest BCUT2D eigenvalue weighted by molar-refractivity contribution is 6.12. The van der Waals surface area contributed by atoms with Crippen LogP contribution >= 0.6 is 0 Å². The topological polar surface area (TPSA) is 137 Å². The number of carbonyl (C=O) groups is 3. The molecule has 52 heavy (non-hydrogen) atoms. The van der Waals surface area contributed by atoms with Gasteiger partial charge < -0.3 is 30.3 Å². The van der Waals surface area contributed by atoms with Crippen molar-refractivity contribution in [1.82, 2.24) is 10.2 Å². The van der Waals surface area contributed by atoms with Crippen LogP contribution in [-0.2, 0) is 24.5 Å². The number of hydrogen-bond donors (Lipinski definition) is 4. The smallest absolute Gasteiger partial charge is 0.324 e. The van der Waals surface area contributed by atoms with Gasteiger partial charge in [0.15, 0.2) is 0 Å². The van der Waals surface area contributed by atoms with Gasteiger partial charge in [-0.05, 0) is 52.6 Å². The Morgan fingerprint density at radius 2 is 1.65 bits per heavy atom. The van der Waals surface area contributed by atoms with Gasteiger partial charge in [-0.1, -0.05) is 90.7 Å². The Hall–Kier alpha value is -5.73. The van der Waals surface area contributed by atoms with Gasteiger partial charge in [0.25, 0.3) is 0 Å². The molecule has 6 atom stereocenters. The Morgan fingerprint density at radius 3 is 2.37 bits per heavy atom. The molecule has 10 nitrogen and oxygen atoms in total. The van der Waals surface area contributed by atoms with E-state index in [0.717, 1.165) is 11.1 Å². The van der Waals surface area contributed by atoms with Gasteiger partial charge in [-0.15, -0.1) is 6.58 Å². The predicted octanol–water partition coefficient (Wildman–Crippen LogP) is 4.36. The molecule has 1 spiro atoms. The molecule has 2 fully saturated rings. The Morgan fingerprint density at radius 1 is 0.923 bits per heavy atom. The molecule has 264 valence electrons. The maximum absolute atomic E-state index is 15.1. The van der Waals surface area contributed by atoms with Crippen LogP contribution in [0.2, 0.25) is 0 Å². The predicted molar refractivity (Wildman–Crippen MR) is 194 cm³/mol. The minimum absolute atomic E-state index is 0.0480. The van der Waals surface area contributed by atoms with Crippen molar-refractivity contribution in [3.05, 3.63) is 144 Å². The van der Waals surface area contributed by atoms with Crippen molar-refractivity contribution in [2.75, 3.05) is 31.7 Å². The van der Waals surface area contributed by atoms with Crippen LogP contribution in [0.1, 0.15) is 52.4 Å². The van der Waals surface area contributed by atoms with Gasteiger partial charge in [0, 0.05) is 24.2 Å². The van der Waals surface area contributed by atoms with E-state index in [9.17, 15) is 19.8 Å². The number of aliphatic hydroxyl groups is 2. The summed E-state index contributed by atoms with van der Waals surface area (Å²) in [4.78, 5) is 46.5. The number of fused-ring (bicyclic) bond motifs is 3. The lowest BCUT2D eigenvalue weighted by atomic mass is 9.65. The average Bonchev–Trinajstić information content (AvgIpc) is 3.65. The molecule has 4 N–H and O–H groups in total. The second-order valence-electron chi connectivity index (χ2n) is 12.9. The Labute approximate surface area is 302 Å². The summed E-state index contributed by atoms with van der Waals surface area (Å²) in [5.74, 6) is 3.65. The third kappa shape index (κ3) is 5.93. The summed E-state index contributed by atoms with van der Waals surface area (Å²) in [7, 11) is 0. The molecule has 0 unspecified atom stereocenters. The highest BCUT2D eigenvalue weighted by atomic mass is 16.6. The quantitative estimate of drug-likeness (QED) is 0.109. The molecule has 4 aromatic rings. The first kappa shape index (κ1) is 34.7. The van der Waals surface area contributed by atoms with Gasteiger partial charge in [-0.3, -0.25) is 19.3 Å². The first-order valence-electron chi connectivity index (χ1n) is 17.3. The zero-order valence-corrected chi connectivity index (χ0v) is 28.4. The van der Waals surface area contributed by atoms with Crippen LogP contribution in [0.25, 0.3) is 0 Å². The van der Waals surface area contributed by atoms with E-state index < -0.39 is 53.3 Å². The zero-order chi connectivity index (χ0) is 36.2. The molecular weight excluding hydrogens is 658 g/mol. The molecule has 0 radical (unpaired) electrons. The molecule has 3 aliphatic heterocycles. The van der Waals surface area contributed by atoms with Gasteiger partial charge >= 0.3 is 5.97 Å². The zero-order valence-electron chi connectivity index (χ0n) is 28.4. The SMILES string of the molecule is C=CCNC(=O)[C@H]1[C@@H]2C(=O)O[C@@H](c3ccccc3)[C@@H](c3ccccc3)N2[C@@H](c2cccc(OCCO)c2)[C@]12C(=O)Nc1ccc(C#CCCO)cc12. The van der Waals surface area contributed by atoms with Crippen LogP contribution in [0.15, 0.2) is 116 Å². The van der Waals surface area contributed by atoms with Gasteiger partial charge in [-0.2, -0.15) is 0 Å². The lowest BCUT2D eigenvalue weighted by molar-refractivity contribution is -0.178. The van der Waals surface area contributed by atoms with Crippen molar-refractivity contribution >= 4 is 23.5 Å². The number of carbonyl (C=O) groups excluding carboxylic acids is 3. The highest BCUT2D eigenvalue weighted by Gasteiger charge is 2.74. The van der Waals surface area contributed by atoms with Crippen LogP contribution in [0.3, 0.4) is 0 Å². The van der Waals surface area contributed by atoms with Crippen molar-refractivity contribution in [1.29, 1.82) is 0 Å². The third-order valence-electron chi connectivity index (χ3n) is 10.0. The van der Waals surface area contributed by atoms with E-state index in [1.165, 1.54) is 0 Å². The second-order valence-corrected chi connectivity index (χ2v) is 12.9. The summed E-state index contributed by atoms with van der Waals surface area (Å²) in [6.07, 6.45) is 1.01. The van der Waals surface area contributed by atoms with E-state index in [1.54, 1.807) is 42.5 Å². The van der Waals surface area contributed by atoms with Crippen LogP contribution in [-0.4, -0.2) is 65.3 Å². The molecule has 4 aromatic carbocycles. The molecule has 3 aliphatic rings. The van der Waals surface area contributed by atoms with Gasteiger partial charge in [-0.25, -0.2) is 0 Å². The molecule has 0 saturated carbocycles. The minimum Gasteiger partial charge on any atom is -0.491 e. The standard InChI is InChI=1S/C42H39N3O7/c1-2-21-43-39(48)34-36-40(49)52-37(29-15-7-4-8-16-29)35(28-13-5-3-6-14-28)45(36)38(30-17-11-18-31(26-30)51-24-23-47)42(34)32-25-27(12-9-10-22-46)19-20-33(32)44-41(42)50/h2-8,11,13-20,25-26,34-38,46-47H,1,10,21-24H2,(H,43,48)(H,44,50)/t34-,35-,36-,37+,38+,42-/m1/s1. The maximum Gasteiger partial charge on any atom is 0.324 e. The normalized spacial score (nSPS) is 24.5. The molecule has 3 heterocycles. The molecule has 0 aromatic heterocycles. The summed E-state index contributed by atoms with van der Waals surface area (Å²) in [6, 6.07) is 28.9.